The normalized spacial score (nSPS) is 9.86. The fourth-order valence-corrected chi connectivity index (χ4v) is 1.39. The molecular formula is C9H11NO3S. The van der Waals surface area contributed by atoms with E-state index in [2.05, 4.69) is 12.6 Å². The van der Waals surface area contributed by atoms with Gasteiger partial charge in [-0.1, -0.05) is 0 Å². The van der Waals surface area contributed by atoms with Gasteiger partial charge in [-0.05, 0) is 11.6 Å². The first-order valence-electron chi connectivity index (χ1n) is 3.90. The van der Waals surface area contributed by atoms with Crippen molar-refractivity contribution in [2.24, 2.45) is 0 Å². The van der Waals surface area contributed by atoms with E-state index in [4.69, 9.17) is 15.6 Å². The summed E-state index contributed by atoms with van der Waals surface area (Å²) < 4.78 is 4.90. The van der Waals surface area contributed by atoms with Crippen LogP contribution in [0, 0.1) is 0 Å². The van der Waals surface area contributed by atoms with Crippen LogP contribution in [-0.2, 0) is 5.75 Å². The molecule has 0 bridgehead atoms. The summed E-state index contributed by atoms with van der Waals surface area (Å²) in [6, 6.07) is 2.97. The minimum atomic E-state index is -1.04. The lowest BCUT2D eigenvalue weighted by molar-refractivity contribution is 0.0693. The van der Waals surface area contributed by atoms with Gasteiger partial charge in [-0.2, -0.15) is 12.6 Å². The second kappa shape index (κ2) is 4.23. The standard InChI is InChI=1S/C9H11NO3S/c1-13-8-3-7(10)5(4-14)2-6(8)9(11)12/h2-3,14H,4,10H2,1H3,(H,11,12). The fourth-order valence-electron chi connectivity index (χ4n) is 1.11. The summed E-state index contributed by atoms with van der Waals surface area (Å²) in [5.74, 6) is -0.374. The number of ether oxygens (including phenoxy) is 1. The minimum Gasteiger partial charge on any atom is -0.496 e. The molecule has 3 N–H and O–H groups in total. The Morgan fingerprint density at radius 1 is 1.64 bits per heavy atom. The number of hydrogen-bond donors (Lipinski definition) is 3. The molecule has 0 fully saturated rings. The molecule has 4 nitrogen and oxygen atoms in total. The number of benzene rings is 1. The average molecular weight is 213 g/mol. The zero-order chi connectivity index (χ0) is 10.7. The molecule has 0 saturated heterocycles. The van der Waals surface area contributed by atoms with Crippen molar-refractivity contribution < 1.29 is 14.6 Å². The molecule has 0 amide bonds. The van der Waals surface area contributed by atoms with Gasteiger partial charge in [0.15, 0.2) is 0 Å². The number of carbonyl (C=O) groups is 1. The Morgan fingerprint density at radius 2 is 2.29 bits per heavy atom. The van der Waals surface area contributed by atoms with Gasteiger partial charge < -0.3 is 15.6 Å². The molecule has 0 aromatic heterocycles. The van der Waals surface area contributed by atoms with Crippen LogP contribution in [0.15, 0.2) is 12.1 Å². The highest BCUT2D eigenvalue weighted by Gasteiger charge is 2.13. The van der Waals surface area contributed by atoms with E-state index in [1.165, 1.54) is 19.2 Å². The molecule has 0 radical (unpaired) electrons. The molecule has 76 valence electrons. The predicted molar refractivity (Wildman–Crippen MR) is 57.1 cm³/mol. The average Bonchev–Trinajstić information content (AvgIpc) is 2.16. The van der Waals surface area contributed by atoms with E-state index in [1.54, 1.807) is 0 Å². The first kappa shape index (κ1) is 10.7. The summed E-state index contributed by atoms with van der Waals surface area (Å²) in [4.78, 5) is 10.8. The summed E-state index contributed by atoms with van der Waals surface area (Å²) in [6.45, 7) is 0. The van der Waals surface area contributed by atoms with Gasteiger partial charge in [0.1, 0.15) is 11.3 Å². The highest BCUT2D eigenvalue weighted by Crippen LogP contribution is 2.26. The maximum Gasteiger partial charge on any atom is 0.339 e. The van der Waals surface area contributed by atoms with E-state index in [0.29, 0.717) is 17.0 Å². The van der Waals surface area contributed by atoms with Gasteiger partial charge in [-0.15, -0.1) is 0 Å². The molecule has 0 unspecified atom stereocenters. The van der Waals surface area contributed by atoms with E-state index in [1.807, 2.05) is 0 Å². The smallest absolute Gasteiger partial charge is 0.339 e. The van der Waals surface area contributed by atoms with Crippen LogP contribution < -0.4 is 10.5 Å². The molecule has 14 heavy (non-hydrogen) atoms. The van der Waals surface area contributed by atoms with Gasteiger partial charge in [-0.25, -0.2) is 4.79 Å². The van der Waals surface area contributed by atoms with E-state index in [-0.39, 0.29) is 11.3 Å². The van der Waals surface area contributed by atoms with Gasteiger partial charge in [0.2, 0.25) is 0 Å². The fraction of sp³-hybridized carbons (Fsp3) is 0.222. The lowest BCUT2D eigenvalue weighted by Crippen LogP contribution is -2.03. The number of carboxylic acid groups (broad SMARTS) is 1. The third-order valence-electron chi connectivity index (χ3n) is 1.86. The molecule has 1 aromatic rings. The Labute approximate surface area is 87.1 Å². The lowest BCUT2D eigenvalue weighted by atomic mass is 10.1. The Balaban J connectivity index is 3.32. The second-order valence-electron chi connectivity index (χ2n) is 2.71. The van der Waals surface area contributed by atoms with Crippen molar-refractivity contribution in [1.82, 2.24) is 0 Å². The van der Waals surface area contributed by atoms with Crippen LogP contribution in [0.3, 0.4) is 0 Å². The molecule has 0 spiro atoms. The Bertz CT molecular complexity index is 365. The topological polar surface area (TPSA) is 72.5 Å². The Kier molecular flexibility index (Phi) is 3.24. The number of nitrogen functional groups attached to an aromatic ring is 1. The SMILES string of the molecule is COc1cc(N)c(CS)cc1C(=O)O. The van der Waals surface area contributed by atoms with E-state index >= 15 is 0 Å². The maximum absolute atomic E-state index is 10.8. The minimum absolute atomic E-state index is 0.103. The van der Waals surface area contributed by atoms with Gasteiger partial charge >= 0.3 is 5.97 Å². The van der Waals surface area contributed by atoms with E-state index < -0.39 is 5.97 Å². The van der Waals surface area contributed by atoms with Crippen molar-refractivity contribution in [2.75, 3.05) is 12.8 Å². The van der Waals surface area contributed by atoms with Gasteiger partial charge in [-0.3, -0.25) is 0 Å². The van der Waals surface area contributed by atoms with Crippen LogP contribution in [0.4, 0.5) is 5.69 Å². The van der Waals surface area contributed by atoms with Crippen LogP contribution in [0.5, 0.6) is 5.75 Å². The molecule has 0 saturated carbocycles. The first-order valence-corrected chi connectivity index (χ1v) is 4.54. The number of anilines is 1. The number of rotatable bonds is 3. The molecule has 0 aliphatic rings. The van der Waals surface area contributed by atoms with Crippen LogP contribution in [0.2, 0.25) is 0 Å². The summed E-state index contributed by atoms with van der Waals surface area (Å²) in [7, 11) is 1.40. The zero-order valence-electron chi connectivity index (χ0n) is 7.65. The van der Waals surface area contributed by atoms with Crippen LogP contribution in [-0.4, -0.2) is 18.2 Å². The van der Waals surface area contributed by atoms with Crippen LogP contribution in [0.25, 0.3) is 0 Å². The van der Waals surface area contributed by atoms with Crippen LogP contribution in [0.1, 0.15) is 15.9 Å². The number of methoxy groups -OCH3 is 1. The highest BCUT2D eigenvalue weighted by molar-refractivity contribution is 7.79. The largest absolute Gasteiger partial charge is 0.496 e. The number of thiol groups is 1. The molecule has 0 aliphatic carbocycles. The number of carboxylic acids is 1. The third kappa shape index (κ3) is 1.93. The first-order chi connectivity index (χ1) is 6.60. The van der Waals surface area contributed by atoms with E-state index in [9.17, 15) is 4.79 Å². The predicted octanol–water partition coefficient (Wildman–Crippen LogP) is 1.41. The molecule has 0 heterocycles. The summed E-state index contributed by atoms with van der Waals surface area (Å²) >= 11 is 4.05. The molecule has 5 heteroatoms. The summed E-state index contributed by atoms with van der Waals surface area (Å²) in [5, 5.41) is 8.86. The van der Waals surface area contributed by atoms with Crippen LogP contribution >= 0.6 is 12.6 Å². The quantitative estimate of drug-likeness (QED) is 0.524. The number of aromatic carboxylic acids is 1. The molecule has 1 aromatic carbocycles. The third-order valence-corrected chi connectivity index (χ3v) is 2.20. The maximum atomic E-state index is 10.8. The summed E-state index contributed by atoms with van der Waals surface area (Å²) in [6.07, 6.45) is 0. The Hall–Kier alpha value is -1.36. The van der Waals surface area contributed by atoms with Crippen molar-refractivity contribution in [2.45, 2.75) is 5.75 Å². The van der Waals surface area contributed by atoms with Crippen molar-refractivity contribution in [3.05, 3.63) is 23.3 Å². The monoisotopic (exact) mass is 213 g/mol. The van der Waals surface area contributed by atoms with Crippen molar-refractivity contribution >= 4 is 24.3 Å². The second-order valence-corrected chi connectivity index (χ2v) is 3.03. The summed E-state index contributed by atoms with van der Waals surface area (Å²) in [5.41, 5.74) is 6.93. The van der Waals surface area contributed by atoms with Crippen molar-refractivity contribution in [1.29, 1.82) is 0 Å². The van der Waals surface area contributed by atoms with Gasteiger partial charge in [0.05, 0.1) is 7.11 Å². The van der Waals surface area contributed by atoms with Gasteiger partial charge in [0, 0.05) is 17.5 Å². The lowest BCUT2D eigenvalue weighted by Gasteiger charge is -2.09. The Morgan fingerprint density at radius 3 is 2.71 bits per heavy atom. The number of hydrogen-bond acceptors (Lipinski definition) is 4. The molecular weight excluding hydrogens is 202 g/mol. The molecule has 0 atom stereocenters. The molecule has 0 aliphatic heterocycles. The number of nitrogens with two attached hydrogens (primary N) is 1. The zero-order valence-corrected chi connectivity index (χ0v) is 8.54. The molecule has 1 rings (SSSR count). The van der Waals surface area contributed by atoms with E-state index in [0.717, 1.165) is 0 Å². The highest BCUT2D eigenvalue weighted by atomic mass is 32.1. The van der Waals surface area contributed by atoms with Gasteiger partial charge in [0.25, 0.3) is 0 Å². The van der Waals surface area contributed by atoms with Crippen molar-refractivity contribution in [3.63, 3.8) is 0 Å². The van der Waals surface area contributed by atoms with Crippen molar-refractivity contribution in [3.8, 4) is 5.75 Å².